The molecule has 2 aliphatic rings. The summed E-state index contributed by atoms with van der Waals surface area (Å²) in [7, 11) is -1.57. The number of sulfonamides is 1. The molecule has 0 bridgehead atoms. The number of pyridine rings is 1. The molecule has 4 heterocycles. The van der Waals surface area contributed by atoms with Crippen molar-refractivity contribution in [1.82, 2.24) is 24.7 Å². The van der Waals surface area contributed by atoms with Crippen LogP contribution in [0.5, 0.6) is 5.75 Å². The van der Waals surface area contributed by atoms with E-state index >= 15 is 0 Å². The minimum absolute atomic E-state index is 0.415. The van der Waals surface area contributed by atoms with Crippen LogP contribution in [0.4, 0.5) is 5.82 Å². The fraction of sp³-hybridized carbons (Fsp3) is 0.304. The maximum atomic E-state index is 11.8. The van der Waals surface area contributed by atoms with Gasteiger partial charge >= 0.3 is 0 Å². The summed E-state index contributed by atoms with van der Waals surface area (Å²) < 4.78 is 30.6. The molecule has 0 spiro atoms. The zero-order valence-electron chi connectivity index (χ0n) is 19.2. The largest absolute Gasteiger partial charge is 0.496 e. The first kappa shape index (κ1) is 23.6. The minimum Gasteiger partial charge on any atom is -0.496 e. The lowest BCUT2D eigenvalue weighted by atomic mass is 10.0. The predicted molar refractivity (Wildman–Crippen MR) is 132 cm³/mol. The molecule has 0 amide bonds. The molecule has 1 saturated heterocycles. The smallest absolute Gasteiger partial charge is 0.211 e. The number of allylic oxidation sites excluding steroid dienone is 4. The summed E-state index contributed by atoms with van der Waals surface area (Å²) in [5.74, 6) is 1.42. The van der Waals surface area contributed by atoms with Gasteiger partial charge in [0.05, 0.1) is 25.6 Å². The SMILES string of the molecule is C=C1/C=C(c2cnccc2OC)\C=C/CN/N=C\1c1cc(N2CCN(S(C)(=O)=O)CC2)ncn1. The molecule has 2 aromatic rings. The van der Waals surface area contributed by atoms with Crippen LogP contribution < -0.4 is 15.1 Å². The van der Waals surface area contributed by atoms with E-state index < -0.39 is 10.0 Å². The Bertz CT molecular complexity index is 1260. The van der Waals surface area contributed by atoms with Crippen LogP contribution in [-0.2, 0) is 10.0 Å². The van der Waals surface area contributed by atoms with Crippen molar-refractivity contribution < 1.29 is 13.2 Å². The van der Waals surface area contributed by atoms with Crippen molar-refractivity contribution in [3.63, 3.8) is 0 Å². The molecule has 10 nitrogen and oxygen atoms in total. The minimum atomic E-state index is -3.20. The standard InChI is InChI=1S/C23H27N7O3S/c1-17-13-18(19-15-24-8-6-21(19)33-2)5-4-7-27-28-23(17)20-14-22(26-16-25-20)29-9-11-30(12-10-29)34(3,31)32/h4-6,8,13-16,27H,1,7,9-12H2,2-3H3/b5-4-,18-13+,28-23+. The van der Waals surface area contributed by atoms with E-state index in [-0.39, 0.29) is 0 Å². The number of hydrogen-bond donors (Lipinski definition) is 1. The molecule has 0 aliphatic carbocycles. The van der Waals surface area contributed by atoms with Crippen molar-refractivity contribution >= 4 is 27.1 Å². The fourth-order valence-electron chi connectivity index (χ4n) is 3.80. The van der Waals surface area contributed by atoms with Crippen LogP contribution in [0.25, 0.3) is 5.57 Å². The first-order valence-corrected chi connectivity index (χ1v) is 12.6. The molecule has 2 aromatic heterocycles. The molecular weight excluding hydrogens is 454 g/mol. The third-order valence-electron chi connectivity index (χ3n) is 5.57. The lowest BCUT2D eigenvalue weighted by molar-refractivity contribution is 0.387. The van der Waals surface area contributed by atoms with Gasteiger partial charge in [-0.25, -0.2) is 18.4 Å². The number of anilines is 1. The number of hydrogen-bond acceptors (Lipinski definition) is 9. The molecule has 0 atom stereocenters. The van der Waals surface area contributed by atoms with Crippen LogP contribution in [0.15, 0.2) is 66.3 Å². The Balaban J connectivity index is 1.61. The lowest BCUT2D eigenvalue weighted by Crippen LogP contribution is -2.48. The van der Waals surface area contributed by atoms with Gasteiger partial charge in [0.1, 0.15) is 23.6 Å². The molecule has 0 aromatic carbocycles. The van der Waals surface area contributed by atoms with E-state index in [0.29, 0.717) is 61.3 Å². The van der Waals surface area contributed by atoms with Crippen molar-refractivity contribution in [2.75, 3.05) is 51.0 Å². The number of hydrazone groups is 1. The van der Waals surface area contributed by atoms with Gasteiger partial charge in [-0.05, 0) is 23.3 Å². The highest BCUT2D eigenvalue weighted by atomic mass is 32.2. The maximum Gasteiger partial charge on any atom is 0.211 e. The van der Waals surface area contributed by atoms with E-state index in [1.807, 2.05) is 35.3 Å². The Morgan fingerprint density at radius 1 is 1.18 bits per heavy atom. The normalized spacial score (nSPS) is 21.7. The fourth-order valence-corrected chi connectivity index (χ4v) is 4.63. The van der Waals surface area contributed by atoms with Crippen molar-refractivity contribution in [2.45, 2.75) is 0 Å². The summed E-state index contributed by atoms with van der Waals surface area (Å²) in [5, 5.41) is 4.52. The molecule has 178 valence electrons. The summed E-state index contributed by atoms with van der Waals surface area (Å²) in [6, 6.07) is 3.66. The topological polar surface area (TPSA) is 113 Å². The van der Waals surface area contributed by atoms with Crippen molar-refractivity contribution in [1.29, 1.82) is 0 Å². The van der Waals surface area contributed by atoms with E-state index in [4.69, 9.17) is 4.74 Å². The first-order valence-electron chi connectivity index (χ1n) is 10.8. The van der Waals surface area contributed by atoms with Gasteiger partial charge in [0.25, 0.3) is 0 Å². The Hall–Kier alpha value is -3.57. The quantitative estimate of drug-likeness (QED) is 0.683. The van der Waals surface area contributed by atoms with Gasteiger partial charge < -0.3 is 15.1 Å². The highest BCUT2D eigenvalue weighted by molar-refractivity contribution is 7.88. The average molecular weight is 482 g/mol. The van der Waals surface area contributed by atoms with Crippen LogP contribution in [0.1, 0.15) is 11.3 Å². The van der Waals surface area contributed by atoms with Crippen LogP contribution in [0, 0.1) is 0 Å². The first-order chi connectivity index (χ1) is 16.4. The van der Waals surface area contributed by atoms with Crippen molar-refractivity contribution in [3.05, 3.63) is 72.5 Å². The van der Waals surface area contributed by atoms with Crippen molar-refractivity contribution in [2.24, 2.45) is 5.10 Å². The molecule has 0 unspecified atom stereocenters. The van der Waals surface area contributed by atoms with Gasteiger partial charge in [0, 0.05) is 50.2 Å². The highest BCUT2D eigenvalue weighted by Gasteiger charge is 2.24. The van der Waals surface area contributed by atoms with Gasteiger partial charge in [-0.1, -0.05) is 18.7 Å². The summed E-state index contributed by atoms with van der Waals surface area (Å²) in [4.78, 5) is 15.1. The van der Waals surface area contributed by atoms with E-state index in [0.717, 1.165) is 11.1 Å². The number of ether oxygens (including phenoxy) is 1. The number of piperazine rings is 1. The van der Waals surface area contributed by atoms with Crippen LogP contribution >= 0.6 is 0 Å². The second-order valence-electron chi connectivity index (χ2n) is 7.84. The van der Waals surface area contributed by atoms with Gasteiger partial charge in [0.15, 0.2) is 0 Å². The average Bonchev–Trinajstić information content (AvgIpc) is 2.94. The van der Waals surface area contributed by atoms with Gasteiger partial charge in [0.2, 0.25) is 10.0 Å². The van der Waals surface area contributed by atoms with E-state index in [1.165, 1.54) is 16.9 Å². The zero-order valence-corrected chi connectivity index (χ0v) is 20.0. The maximum absolute atomic E-state index is 11.8. The van der Waals surface area contributed by atoms with Crippen molar-refractivity contribution in [3.8, 4) is 5.75 Å². The number of nitrogens with one attached hydrogen (secondary N) is 1. The van der Waals surface area contributed by atoms with Crippen LogP contribution in [0.2, 0.25) is 0 Å². The molecular formula is C23H27N7O3S. The number of nitrogens with zero attached hydrogens (tertiary/aromatic N) is 6. The zero-order chi connectivity index (χ0) is 24.1. The summed E-state index contributed by atoms with van der Waals surface area (Å²) in [6.45, 7) is 6.67. The van der Waals surface area contributed by atoms with Gasteiger partial charge in [-0.3, -0.25) is 4.98 Å². The Morgan fingerprint density at radius 2 is 1.97 bits per heavy atom. The molecule has 1 N–H and O–H groups in total. The third-order valence-corrected chi connectivity index (χ3v) is 6.87. The lowest BCUT2D eigenvalue weighted by Gasteiger charge is -2.34. The third kappa shape index (κ3) is 5.32. The van der Waals surface area contributed by atoms with E-state index in [2.05, 4.69) is 32.1 Å². The molecule has 2 aliphatic heterocycles. The Kier molecular flexibility index (Phi) is 7.03. The molecule has 4 rings (SSSR count). The molecule has 11 heteroatoms. The van der Waals surface area contributed by atoms with E-state index in [9.17, 15) is 8.42 Å². The van der Waals surface area contributed by atoms with Gasteiger partial charge in [-0.15, -0.1) is 0 Å². The monoisotopic (exact) mass is 481 g/mol. The molecule has 0 radical (unpaired) electrons. The van der Waals surface area contributed by atoms with E-state index in [1.54, 1.807) is 19.5 Å². The van der Waals surface area contributed by atoms with Crippen LogP contribution in [-0.4, -0.2) is 79.5 Å². The Morgan fingerprint density at radius 3 is 2.71 bits per heavy atom. The molecule has 1 fully saturated rings. The predicted octanol–water partition coefficient (Wildman–Crippen LogP) is 1.47. The Labute approximate surface area is 199 Å². The van der Waals surface area contributed by atoms with Crippen LogP contribution in [0.3, 0.4) is 0 Å². The number of methoxy groups -OCH3 is 1. The number of rotatable bonds is 5. The summed E-state index contributed by atoms with van der Waals surface area (Å²) >= 11 is 0. The number of aromatic nitrogens is 3. The summed E-state index contributed by atoms with van der Waals surface area (Å²) in [5.41, 5.74) is 6.63. The second kappa shape index (κ2) is 10.1. The molecule has 0 saturated carbocycles. The highest BCUT2D eigenvalue weighted by Crippen LogP contribution is 2.28. The van der Waals surface area contributed by atoms with Gasteiger partial charge in [-0.2, -0.15) is 9.41 Å². The summed E-state index contributed by atoms with van der Waals surface area (Å²) in [6.07, 6.45) is 12.0. The molecule has 34 heavy (non-hydrogen) atoms. The second-order valence-corrected chi connectivity index (χ2v) is 9.82.